The maximum absolute atomic E-state index is 11.7. The Kier molecular flexibility index (Phi) is 5.80. The minimum absolute atomic E-state index is 0.0313. The van der Waals surface area contributed by atoms with Crippen LogP contribution in [-0.4, -0.2) is 41.2 Å². The minimum Gasteiger partial charge on any atom is -0.346 e. The molecule has 1 atom stereocenters. The van der Waals surface area contributed by atoms with Gasteiger partial charge in [0.05, 0.1) is 11.4 Å². The Morgan fingerprint density at radius 3 is 2.50 bits per heavy atom. The summed E-state index contributed by atoms with van der Waals surface area (Å²) < 4.78 is 0. The zero-order valence-corrected chi connectivity index (χ0v) is 11.3. The Balaban J connectivity index is 2.26. The van der Waals surface area contributed by atoms with Crippen molar-refractivity contribution in [1.82, 2.24) is 10.2 Å². The van der Waals surface area contributed by atoms with E-state index < -0.39 is 0 Å². The molecule has 1 aliphatic rings. The van der Waals surface area contributed by atoms with E-state index in [4.69, 9.17) is 0 Å². The van der Waals surface area contributed by atoms with Gasteiger partial charge in [0.25, 0.3) is 0 Å². The Bertz CT molecular complexity index is 252. The van der Waals surface area contributed by atoms with E-state index in [2.05, 4.69) is 21.2 Å². The Hall–Kier alpha value is -0.580. The molecule has 2 amide bonds. The van der Waals surface area contributed by atoms with E-state index in [1.165, 1.54) is 6.42 Å². The van der Waals surface area contributed by atoms with E-state index in [1.807, 2.05) is 11.8 Å². The van der Waals surface area contributed by atoms with Gasteiger partial charge >= 0.3 is 0 Å². The summed E-state index contributed by atoms with van der Waals surface area (Å²) in [5.41, 5.74) is 0. The quantitative estimate of drug-likeness (QED) is 0.793. The van der Waals surface area contributed by atoms with Crippen molar-refractivity contribution in [1.29, 1.82) is 0 Å². The number of carbonyl (C=O) groups is 2. The van der Waals surface area contributed by atoms with Crippen molar-refractivity contribution in [3.8, 4) is 0 Å². The van der Waals surface area contributed by atoms with E-state index in [0.29, 0.717) is 0 Å². The van der Waals surface area contributed by atoms with E-state index in [0.717, 1.165) is 32.4 Å². The molecular formula is C11H19BrN2O2. The summed E-state index contributed by atoms with van der Waals surface area (Å²) in [4.78, 5) is 24.8. The van der Waals surface area contributed by atoms with Crippen LogP contribution in [0.2, 0.25) is 0 Å². The van der Waals surface area contributed by atoms with Crippen molar-refractivity contribution in [3.05, 3.63) is 0 Å². The molecular weight excluding hydrogens is 272 g/mol. The van der Waals surface area contributed by atoms with Crippen molar-refractivity contribution in [2.75, 3.05) is 19.6 Å². The standard InChI is InChI=1S/C11H19BrN2O2/c1-2-9(12)11(16)13-8-10(15)14-6-4-3-5-7-14/h9H,2-8H2,1H3,(H,13,16). The van der Waals surface area contributed by atoms with Gasteiger partial charge in [0.1, 0.15) is 0 Å². The fraction of sp³-hybridized carbons (Fsp3) is 0.818. The molecule has 0 aliphatic carbocycles. The summed E-state index contributed by atoms with van der Waals surface area (Å²) in [5.74, 6) is -0.0725. The first-order valence-corrected chi connectivity index (χ1v) is 6.76. The SMILES string of the molecule is CCC(Br)C(=O)NCC(=O)N1CCCCC1. The Labute approximate surface area is 105 Å². The van der Waals surface area contributed by atoms with Crippen LogP contribution >= 0.6 is 15.9 Å². The minimum atomic E-state index is -0.193. The molecule has 0 aromatic heterocycles. The summed E-state index contributed by atoms with van der Waals surface area (Å²) in [6.07, 6.45) is 4.09. The number of hydrogen-bond acceptors (Lipinski definition) is 2. The monoisotopic (exact) mass is 290 g/mol. The molecule has 0 saturated carbocycles. The molecule has 5 heteroatoms. The van der Waals surface area contributed by atoms with E-state index in [9.17, 15) is 9.59 Å². The smallest absolute Gasteiger partial charge is 0.241 e. The third-order valence-corrected chi connectivity index (χ3v) is 3.83. The lowest BCUT2D eigenvalue weighted by Crippen LogP contribution is -2.44. The van der Waals surface area contributed by atoms with E-state index in [-0.39, 0.29) is 23.2 Å². The second kappa shape index (κ2) is 6.89. The second-order valence-electron chi connectivity index (χ2n) is 4.04. The first-order valence-electron chi connectivity index (χ1n) is 5.84. The summed E-state index contributed by atoms with van der Waals surface area (Å²) in [5, 5.41) is 2.65. The van der Waals surface area contributed by atoms with Gasteiger partial charge < -0.3 is 10.2 Å². The molecule has 1 unspecified atom stereocenters. The van der Waals surface area contributed by atoms with E-state index >= 15 is 0 Å². The van der Waals surface area contributed by atoms with Crippen molar-refractivity contribution < 1.29 is 9.59 Å². The molecule has 0 radical (unpaired) electrons. The van der Waals surface area contributed by atoms with Gasteiger partial charge in [0.15, 0.2) is 0 Å². The third kappa shape index (κ3) is 4.12. The topological polar surface area (TPSA) is 49.4 Å². The molecule has 1 aliphatic heterocycles. The lowest BCUT2D eigenvalue weighted by atomic mass is 10.1. The third-order valence-electron chi connectivity index (χ3n) is 2.77. The number of halogens is 1. The highest BCUT2D eigenvalue weighted by Crippen LogP contribution is 2.08. The van der Waals surface area contributed by atoms with E-state index in [1.54, 1.807) is 0 Å². The van der Waals surface area contributed by atoms with Gasteiger partial charge in [-0.25, -0.2) is 0 Å². The number of rotatable bonds is 4. The summed E-state index contributed by atoms with van der Waals surface area (Å²) in [7, 11) is 0. The van der Waals surface area contributed by atoms with Crippen LogP contribution in [0.25, 0.3) is 0 Å². The van der Waals surface area contributed by atoms with Crippen LogP contribution in [-0.2, 0) is 9.59 Å². The fourth-order valence-electron chi connectivity index (χ4n) is 1.71. The number of alkyl halides is 1. The maximum atomic E-state index is 11.7. The predicted molar refractivity (Wildman–Crippen MR) is 66.4 cm³/mol. The Morgan fingerprint density at radius 1 is 1.31 bits per heavy atom. The molecule has 1 N–H and O–H groups in total. The van der Waals surface area contributed by atoms with Crippen LogP contribution in [0.3, 0.4) is 0 Å². The molecule has 4 nitrogen and oxygen atoms in total. The number of piperidine rings is 1. The number of nitrogens with one attached hydrogen (secondary N) is 1. The predicted octanol–water partition coefficient (Wildman–Crippen LogP) is 1.29. The van der Waals surface area contributed by atoms with Gasteiger partial charge in [0.2, 0.25) is 11.8 Å². The van der Waals surface area contributed by atoms with Crippen molar-refractivity contribution in [2.45, 2.75) is 37.4 Å². The summed E-state index contributed by atoms with van der Waals surface area (Å²) in [6.45, 7) is 3.72. The molecule has 0 spiro atoms. The molecule has 16 heavy (non-hydrogen) atoms. The molecule has 1 heterocycles. The first-order chi connectivity index (χ1) is 7.65. The van der Waals surface area contributed by atoms with Crippen molar-refractivity contribution in [2.24, 2.45) is 0 Å². The average molecular weight is 291 g/mol. The molecule has 0 aromatic carbocycles. The normalized spacial score (nSPS) is 18.0. The number of likely N-dealkylation sites (tertiary alicyclic amines) is 1. The van der Waals surface area contributed by atoms with Crippen LogP contribution in [0.5, 0.6) is 0 Å². The summed E-state index contributed by atoms with van der Waals surface area (Å²) >= 11 is 3.25. The average Bonchev–Trinajstić information content (AvgIpc) is 2.35. The fourth-order valence-corrected chi connectivity index (χ4v) is 1.88. The zero-order chi connectivity index (χ0) is 12.0. The molecule has 1 fully saturated rings. The summed E-state index contributed by atoms with van der Waals surface area (Å²) in [6, 6.07) is 0. The molecule has 1 saturated heterocycles. The molecule has 1 rings (SSSR count). The number of carbonyl (C=O) groups excluding carboxylic acids is 2. The Morgan fingerprint density at radius 2 is 1.94 bits per heavy atom. The number of amides is 2. The molecule has 92 valence electrons. The highest BCUT2D eigenvalue weighted by atomic mass is 79.9. The maximum Gasteiger partial charge on any atom is 0.241 e. The molecule has 0 bridgehead atoms. The lowest BCUT2D eigenvalue weighted by molar-refractivity contribution is -0.133. The van der Waals surface area contributed by atoms with Gasteiger partial charge in [-0.05, 0) is 25.7 Å². The van der Waals surface area contributed by atoms with Gasteiger partial charge in [-0.2, -0.15) is 0 Å². The highest BCUT2D eigenvalue weighted by molar-refractivity contribution is 9.10. The first kappa shape index (κ1) is 13.5. The number of nitrogens with zero attached hydrogens (tertiary/aromatic N) is 1. The lowest BCUT2D eigenvalue weighted by Gasteiger charge is -2.26. The van der Waals surface area contributed by atoms with Crippen molar-refractivity contribution in [3.63, 3.8) is 0 Å². The van der Waals surface area contributed by atoms with Crippen LogP contribution in [0.15, 0.2) is 0 Å². The van der Waals surface area contributed by atoms with Gasteiger partial charge in [-0.1, -0.05) is 22.9 Å². The largest absolute Gasteiger partial charge is 0.346 e. The molecule has 0 aromatic rings. The number of hydrogen-bond donors (Lipinski definition) is 1. The van der Waals surface area contributed by atoms with Gasteiger partial charge in [-0.3, -0.25) is 9.59 Å². The van der Waals surface area contributed by atoms with Crippen molar-refractivity contribution >= 4 is 27.7 Å². The van der Waals surface area contributed by atoms with Crippen LogP contribution in [0.1, 0.15) is 32.6 Å². The van der Waals surface area contributed by atoms with Crippen LogP contribution < -0.4 is 5.32 Å². The van der Waals surface area contributed by atoms with Gasteiger partial charge in [0, 0.05) is 13.1 Å². The highest BCUT2D eigenvalue weighted by Gasteiger charge is 2.18. The zero-order valence-electron chi connectivity index (χ0n) is 9.67. The van der Waals surface area contributed by atoms with Crippen LogP contribution in [0.4, 0.5) is 0 Å². The second-order valence-corrected chi connectivity index (χ2v) is 5.14. The van der Waals surface area contributed by atoms with Crippen LogP contribution in [0, 0.1) is 0 Å². The van der Waals surface area contributed by atoms with Gasteiger partial charge in [-0.15, -0.1) is 0 Å².